The van der Waals surface area contributed by atoms with E-state index in [-0.39, 0.29) is 18.1 Å². The molecule has 2 aliphatic rings. The molecule has 0 bridgehead atoms. The molecule has 0 spiro atoms. The van der Waals surface area contributed by atoms with Gasteiger partial charge in [0.1, 0.15) is 11.8 Å². The first-order valence-electron chi connectivity index (χ1n) is 10.7. The van der Waals surface area contributed by atoms with E-state index in [0.717, 1.165) is 37.0 Å². The maximum absolute atomic E-state index is 12.6. The minimum absolute atomic E-state index is 0.0234. The highest BCUT2D eigenvalue weighted by molar-refractivity contribution is 6.31. The molecule has 0 aromatic heterocycles. The topological polar surface area (TPSA) is 62.1 Å². The number of nitriles is 1. The van der Waals surface area contributed by atoms with E-state index in [4.69, 9.17) is 21.6 Å². The van der Waals surface area contributed by atoms with Gasteiger partial charge in [0.05, 0.1) is 16.7 Å². The lowest BCUT2D eigenvalue weighted by atomic mass is 10.0. The summed E-state index contributed by atoms with van der Waals surface area (Å²) in [5.41, 5.74) is 2.44. The Bertz CT molecular complexity index is 950. The molecule has 4 atom stereocenters. The fourth-order valence-electron chi connectivity index (χ4n) is 4.92. The zero-order valence-electron chi connectivity index (χ0n) is 17.4. The molecular formula is C25H27ClN2O2. The van der Waals surface area contributed by atoms with Crippen LogP contribution in [0.5, 0.6) is 5.75 Å². The smallest absolute Gasteiger partial charge is 0.251 e. The van der Waals surface area contributed by atoms with Crippen molar-refractivity contribution >= 4 is 17.5 Å². The third-order valence-electron chi connectivity index (χ3n) is 6.51. The molecule has 2 aliphatic carbocycles. The van der Waals surface area contributed by atoms with Crippen LogP contribution in [0.3, 0.4) is 0 Å². The van der Waals surface area contributed by atoms with E-state index in [1.165, 1.54) is 5.56 Å². The number of amides is 1. The predicted molar refractivity (Wildman–Crippen MR) is 118 cm³/mol. The molecule has 0 radical (unpaired) electrons. The molecule has 30 heavy (non-hydrogen) atoms. The van der Waals surface area contributed by atoms with Gasteiger partial charge in [-0.15, -0.1) is 0 Å². The molecule has 2 fully saturated rings. The predicted octanol–water partition coefficient (Wildman–Crippen LogP) is 5.70. The third kappa shape index (κ3) is 4.47. The third-order valence-corrected chi connectivity index (χ3v) is 6.82. The van der Waals surface area contributed by atoms with Crippen LogP contribution in [0.1, 0.15) is 66.9 Å². The fourth-order valence-corrected chi connectivity index (χ4v) is 5.13. The Morgan fingerprint density at radius 1 is 1.10 bits per heavy atom. The Balaban J connectivity index is 1.28. The van der Waals surface area contributed by atoms with Crippen molar-refractivity contribution in [1.82, 2.24) is 5.32 Å². The Hall–Kier alpha value is -2.51. The number of benzene rings is 2. The first kappa shape index (κ1) is 20.8. The quantitative estimate of drug-likeness (QED) is 0.672. The van der Waals surface area contributed by atoms with Crippen LogP contribution in [-0.4, -0.2) is 18.1 Å². The lowest BCUT2D eigenvalue weighted by Crippen LogP contribution is -2.33. The van der Waals surface area contributed by atoms with Crippen LogP contribution in [0.4, 0.5) is 0 Å². The van der Waals surface area contributed by atoms with Crippen molar-refractivity contribution in [3.05, 3.63) is 64.2 Å². The number of nitrogens with one attached hydrogen (secondary N) is 1. The standard InChI is InChI=1S/C25H27ClN2O2/c1-15(2)16-3-5-17(6-4-16)25(29)28-21-9-19-11-23(12-20(19)10-21)30-22-8-7-18(14-27)24(26)13-22/h3-8,13,15,19-21,23H,9-12H2,1-2H3,(H,28,29)/t19-,20+,21?,23?. The van der Waals surface area contributed by atoms with Gasteiger partial charge in [0, 0.05) is 17.7 Å². The molecule has 0 heterocycles. The van der Waals surface area contributed by atoms with Crippen LogP contribution in [-0.2, 0) is 0 Å². The van der Waals surface area contributed by atoms with Crippen molar-refractivity contribution in [3.8, 4) is 11.8 Å². The number of carbonyl (C=O) groups is 1. The highest BCUT2D eigenvalue weighted by atomic mass is 35.5. The van der Waals surface area contributed by atoms with Crippen LogP contribution in [0.15, 0.2) is 42.5 Å². The number of carbonyl (C=O) groups excluding carboxylic acids is 1. The molecule has 0 aliphatic heterocycles. The highest BCUT2D eigenvalue weighted by Crippen LogP contribution is 2.45. The molecule has 1 amide bonds. The molecule has 2 saturated carbocycles. The van der Waals surface area contributed by atoms with Crippen molar-refractivity contribution < 1.29 is 9.53 Å². The van der Waals surface area contributed by atoms with Crippen molar-refractivity contribution in [2.45, 2.75) is 57.6 Å². The van der Waals surface area contributed by atoms with E-state index < -0.39 is 0 Å². The summed E-state index contributed by atoms with van der Waals surface area (Å²) in [6, 6.07) is 15.5. The lowest BCUT2D eigenvalue weighted by molar-refractivity contribution is 0.0935. The molecule has 0 saturated heterocycles. The van der Waals surface area contributed by atoms with Crippen molar-refractivity contribution in [1.29, 1.82) is 5.26 Å². The maximum atomic E-state index is 12.6. The molecule has 1 N–H and O–H groups in total. The van der Waals surface area contributed by atoms with E-state index in [2.05, 4.69) is 25.2 Å². The van der Waals surface area contributed by atoms with Gasteiger partial charge in [-0.2, -0.15) is 5.26 Å². The average Bonchev–Trinajstić information content (AvgIpc) is 3.26. The molecule has 5 heteroatoms. The summed E-state index contributed by atoms with van der Waals surface area (Å²) in [5.74, 6) is 2.37. The molecule has 4 rings (SSSR count). The van der Waals surface area contributed by atoms with Crippen molar-refractivity contribution in [2.75, 3.05) is 0 Å². The molecule has 4 nitrogen and oxygen atoms in total. The Kier molecular flexibility index (Phi) is 6.01. The summed E-state index contributed by atoms with van der Waals surface area (Å²) in [7, 11) is 0. The summed E-state index contributed by atoms with van der Waals surface area (Å²) in [5, 5.41) is 12.6. The number of ether oxygens (including phenoxy) is 1. The Labute approximate surface area is 183 Å². The second-order valence-electron chi connectivity index (χ2n) is 8.90. The van der Waals surface area contributed by atoms with E-state index in [1.807, 2.05) is 30.3 Å². The second kappa shape index (κ2) is 8.70. The average molecular weight is 423 g/mol. The number of rotatable bonds is 5. The monoisotopic (exact) mass is 422 g/mol. The van der Waals surface area contributed by atoms with Gasteiger partial charge in [-0.05, 0) is 73.3 Å². The summed E-state index contributed by atoms with van der Waals surface area (Å²) >= 11 is 6.11. The van der Waals surface area contributed by atoms with Crippen molar-refractivity contribution in [3.63, 3.8) is 0 Å². The van der Waals surface area contributed by atoms with Gasteiger partial charge in [-0.1, -0.05) is 37.6 Å². The van der Waals surface area contributed by atoms with Crippen LogP contribution >= 0.6 is 11.6 Å². The Morgan fingerprint density at radius 3 is 2.33 bits per heavy atom. The van der Waals surface area contributed by atoms with Crippen LogP contribution in [0, 0.1) is 23.2 Å². The van der Waals surface area contributed by atoms with Crippen LogP contribution < -0.4 is 10.1 Å². The number of nitrogens with zero attached hydrogens (tertiary/aromatic N) is 1. The summed E-state index contributed by atoms with van der Waals surface area (Å²) in [4.78, 5) is 12.6. The summed E-state index contributed by atoms with van der Waals surface area (Å²) in [6.45, 7) is 4.30. The van der Waals surface area contributed by atoms with Gasteiger partial charge >= 0.3 is 0 Å². The normalized spacial score (nSPS) is 25.0. The first-order valence-corrected chi connectivity index (χ1v) is 11.1. The van der Waals surface area contributed by atoms with E-state index >= 15 is 0 Å². The highest BCUT2D eigenvalue weighted by Gasteiger charge is 2.43. The van der Waals surface area contributed by atoms with Crippen LogP contribution in [0.25, 0.3) is 0 Å². The zero-order valence-corrected chi connectivity index (χ0v) is 18.2. The zero-order chi connectivity index (χ0) is 21.3. The molecule has 2 unspecified atom stereocenters. The summed E-state index contributed by atoms with van der Waals surface area (Å²) in [6.07, 6.45) is 4.18. The lowest BCUT2D eigenvalue weighted by Gasteiger charge is -2.18. The number of hydrogen-bond acceptors (Lipinski definition) is 3. The van der Waals surface area contributed by atoms with E-state index in [1.54, 1.807) is 12.1 Å². The second-order valence-corrected chi connectivity index (χ2v) is 9.31. The largest absolute Gasteiger partial charge is 0.490 e. The van der Waals surface area contributed by atoms with Gasteiger partial charge in [0.25, 0.3) is 5.91 Å². The van der Waals surface area contributed by atoms with Gasteiger partial charge in [-0.3, -0.25) is 4.79 Å². The number of halogens is 1. The van der Waals surface area contributed by atoms with Gasteiger partial charge in [0.15, 0.2) is 0 Å². The van der Waals surface area contributed by atoms with Crippen LogP contribution in [0.2, 0.25) is 5.02 Å². The van der Waals surface area contributed by atoms with Gasteiger partial charge in [-0.25, -0.2) is 0 Å². The molecular weight excluding hydrogens is 396 g/mol. The first-order chi connectivity index (χ1) is 14.4. The molecule has 2 aromatic carbocycles. The molecule has 156 valence electrons. The Morgan fingerprint density at radius 2 is 1.77 bits per heavy atom. The minimum Gasteiger partial charge on any atom is -0.490 e. The summed E-state index contributed by atoms with van der Waals surface area (Å²) < 4.78 is 6.13. The van der Waals surface area contributed by atoms with Gasteiger partial charge < -0.3 is 10.1 Å². The minimum atomic E-state index is 0.0234. The number of fused-ring (bicyclic) bond motifs is 1. The van der Waals surface area contributed by atoms with E-state index in [0.29, 0.717) is 28.3 Å². The SMILES string of the molecule is CC(C)c1ccc(C(=O)NC2C[C@@H]3CC(Oc4ccc(C#N)c(Cl)c4)C[C@@H]3C2)cc1. The fraction of sp³-hybridized carbons (Fsp3) is 0.440. The van der Waals surface area contributed by atoms with E-state index in [9.17, 15) is 4.79 Å². The van der Waals surface area contributed by atoms with Crippen molar-refractivity contribution in [2.24, 2.45) is 11.8 Å². The maximum Gasteiger partial charge on any atom is 0.251 e. The molecule has 2 aromatic rings. The van der Waals surface area contributed by atoms with Gasteiger partial charge in [0.2, 0.25) is 0 Å². The number of hydrogen-bond donors (Lipinski definition) is 1.